The first-order valence-corrected chi connectivity index (χ1v) is 8.18. The van der Waals surface area contributed by atoms with Crippen LogP contribution in [0.5, 0.6) is 0 Å². The van der Waals surface area contributed by atoms with Crippen molar-refractivity contribution in [1.29, 1.82) is 0 Å². The molecule has 5 nitrogen and oxygen atoms in total. The van der Waals surface area contributed by atoms with Gasteiger partial charge >= 0.3 is 0 Å². The van der Waals surface area contributed by atoms with Crippen molar-refractivity contribution in [3.05, 3.63) is 35.4 Å². The minimum Gasteiger partial charge on any atom is -0.379 e. The molecular weight excluding hydrogens is 349 g/mol. The number of ether oxygens (including phenoxy) is 1. The molecule has 1 saturated heterocycles. The first-order valence-electron chi connectivity index (χ1n) is 8.18. The summed E-state index contributed by atoms with van der Waals surface area (Å²) in [4.78, 5) is 14.7. The van der Waals surface area contributed by atoms with Crippen molar-refractivity contribution in [3.63, 3.8) is 0 Å². The van der Waals surface area contributed by atoms with Gasteiger partial charge in [0, 0.05) is 38.3 Å². The van der Waals surface area contributed by atoms with Crippen LogP contribution in [0.2, 0.25) is 0 Å². The van der Waals surface area contributed by atoms with E-state index in [0.29, 0.717) is 6.54 Å². The second-order valence-corrected chi connectivity index (χ2v) is 5.55. The largest absolute Gasteiger partial charge is 0.379 e. The highest BCUT2D eigenvalue weighted by molar-refractivity contribution is 5.95. The van der Waals surface area contributed by atoms with Crippen molar-refractivity contribution in [2.75, 3.05) is 45.9 Å². The van der Waals surface area contributed by atoms with Crippen molar-refractivity contribution >= 4 is 30.7 Å². The minimum absolute atomic E-state index is 0. The number of carbonyl (C=O) groups is 1. The molecule has 138 valence electrons. The molecule has 0 unspecified atom stereocenters. The van der Waals surface area contributed by atoms with Crippen molar-refractivity contribution in [2.45, 2.75) is 19.9 Å². The van der Waals surface area contributed by atoms with Gasteiger partial charge in [0.1, 0.15) is 0 Å². The predicted octanol–water partition coefficient (Wildman–Crippen LogP) is 2.09. The van der Waals surface area contributed by atoms with Gasteiger partial charge in [-0.1, -0.05) is 25.1 Å². The maximum Gasteiger partial charge on any atom is 0.251 e. The van der Waals surface area contributed by atoms with E-state index in [0.717, 1.165) is 63.5 Å². The Hall–Kier alpha value is -0.850. The van der Waals surface area contributed by atoms with Gasteiger partial charge in [0.2, 0.25) is 0 Å². The number of hydrogen-bond donors (Lipinski definition) is 2. The Morgan fingerprint density at radius 1 is 1.12 bits per heavy atom. The number of carbonyl (C=O) groups excluding carboxylic acids is 1. The van der Waals surface area contributed by atoms with E-state index in [4.69, 9.17) is 4.74 Å². The smallest absolute Gasteiger partial charge is 0.251 e. The van der Waals surface area contributed by atoms with E-state index in [1.807, 2.05) is 24.3 Å². The minimum atomic E-state index is 0. The molecule has 2 N–H and O–H groups in total. The van der Waals surface area contributed by atoms with Gasteiger partial charge in [-0.25, -0.2) is 0 Å². The van der Waals surface area contributed by atoms with Crippen LogP contribution in [0.1, 0.15) is 29.3 Å². The topological polar surface area (TPSA) is 53.6 Å². The van der Waals surface area contributed by atoms with Gasteiger partial charge in [-0.3, -0.25) is 9.69 Å². The molecule has 1 aliphatic rings. The molecule has 0 spiro atoms. The zero-order valence-corrected chi connectivity index (χ0v) is 15.9. The normalized spacial score (nSPS) is 14.4. The number of nitrogens with one attached hydrogen (secondary N) is 2. The summed E-state index contributed by atoms with van der Waals surface area (Å²) in [5.74, 6) is 0.0159. The Kier molecular flexibility index (Phi) is 13.0. The van der Waals surface area contributed by atoms with Crippen LogP contribution in [0.3, 0.4) is 0 Å². The summed E-state index contributed by atoms with van der Waals surface area (Å²) in [5, 5.41) is 6.28. The first-order chi connectivity index (χ1) is 10.8. The first kappa shape index (κ1) is 23.1. The van der Waals surface area contributed by atoms with Gasteiger partial charge in [0.15, 0.2) is 0 Å². The van der Waals surface area contributed by atoms with E-state index in [1.165, 1.54) is 0 Å². The van der Waals surface area contributed by atoms with Gasteiger partial charge < -0.3 is 15.4 Å². The number of nitrogens with zero attached hydrogens (tertiary/aromatic N) is 1. The number of rotatable bonds is 8. The summed E-state index contributed by atoms with van der Waals surface area (Å²) in [6, 6.07) is 7.87. The highest BCUT2D eigenvalue weighted by Crippen LogP contribution is 2.13. The fourth-order valence-electron chi connectivity index (χ4n) is 2.54. The van der Waals surface area contributed by atoms with E-state index in [2.05, 4.69) is 22.5 Å². The van der Waals surface area contributed by atoms with E-state index >= 15 is 0 Å². The van der Waals surface area contributed by atoms with E-state index in [1.54, 1.807) is 0 Å². The average molecular weight is 378 g/mol. The highest BCUT2D eigenvalue weighted by Gasteiger charge is 2.15. The summed E-state index contributed by atoms with van der Waals surface area (Å²) >= 11 is 0. The Morgan fingerprint density at radius 2 is 1.83 bits per heavy atom. The molecule has 1 heterocycles. The van der Waals surface area contributed by atoms with Crippen LogP contribution < -0.4 is 10.6 Å². The maximum absolute atomic E-state index is 12.4. The van der Waals surface area contributed by atoms with Crippen molar-refractivity contribution in [1.82, 2.24) is 15.5 Å². The van der Waals surface area contributed by atoms with Gasteiger partial charge in [-0.2, -0.15) is 0 Å². The molecular formula is C17H29Cl2N3O2. The summed E-state index contributed by atoms with van der Waals surface area (Å²) in [6.07, 6.45) is 1.11. The Balaban J connectivity index is 0.00000264. The monoisotopic (exact) mass is 377 g/mol. The average Bonchev–Trinajstić information content (AvgIpc) is 2.56. The van der Waals surface area contributed by atoms with Crippen LogP contribution in [-0.4, -0.2) is 56.7 Å². The van der Waals surface area contributed by atoms with Gasteiger partial charge in [0.05, 0.1) is 13.2 Å². The Labute approximate surface area is 157 Å². The molecule has 0 radical (unpaired) electrons. The summed E-state index contributed by atoms with van der Waals surface area (Å²) < 4.78 is 5.37. The van der Waals surface area contributed by atoms with E-state index < -0.39 is 0 Å². The third kappa shape index (κ3) is 7.81. The zero-order chi connectivity index (χ0) is 15.6. The quantitative estimate of drug-likeness (QED) is 0.681. The van der Waals surface area contributed by atoms with E-state index in [-0.39, 0.29) is 30.7 Å². The molecule has 7 heteroatoms. The standard InChI is InChI=1S/C17H27N3O2.2ClH/c1-2-7-18-8-9-19-17(21)16-6-4-3-5-15(16)14-20-10-12-22-13-11-20;;/h3-6,18H,2,7-14H2,1H3,(H,19,21);2*1H. The SMILES string of the molecule is CCCNCCNC(=O)c1ccccc1CN1CCOCC1.Cl.Cl. The number of halogens is 2. The van der Waals surface area contributed by atoms with Crippen LogP contribution in [-0.2, 0) is 11.3 Å². The van der Waals surface area contributed by atoms with E-state index in [9.17, 15) is 4.79 Å². The molecule has 1 aromatic carbocycles. The fourth-order valence-corrected chi connectivity index (χ4v) is 2.54. The highest BCUT2D eigenvalue weighted by atomic mass is 35.5. The predicted molar refractivity (Wildman–Crippen MR) is 103 cm³/mol. The van der Waals surface area contributed by atoms with Crippen LogP contribution >= 0.6 is 24.8 Å². The lowest BCUT2D eigenvalue weighted by atomic mass is 10.1. The van der Waals surface area contributed by atoms with Gasteiger partial charge in [-0.15, -0.1) is 24.8 Å². The molecule has 0 saturated carbocycles. The zero-order valence-electron chi connectivity index (χ0n) is 14.3. The lowest BCUT2D eigenvalue weighted by Crippen LogP contribution is -2.37. The van der Waals surface area contributed by atoms with Crippen LogP contribution in [0.4, 0.5) is 0 Å². The van der Waals surface area contributed by atoms with Crippen LogP contribution in [0, 0.1) is 0 Å². The van der Waals surface area contributed by atoms with Crippen molar-refractivity contribution < 1.29 is 9.53 Å². The molecule has 0 atom stereocenters. The molecule has 0 aromatic heterocycles. The Morgan fingerprint density at radius 3 is 2.54 bits per heavy atom. The second kappa shape index (κ2) is 13.4. The maximum atomic E-state index is 12.4. The third-order valence-corrected chi connectivity index (χ3v) is 3.77. The third-order valence-electron chi connectivity index (χ3n) is 3.77. The molecule has 0 aliphatic carbocycles. The number of hydrogen-bond acceptors (Lipinski definition) is 4. The lowest BCUT2D eigenvalue weighted by Gasteiger charge is -2.27. The van der Waals surface area contributed by atoms with Crippen molar-refractivity contribution in [3.8, 4) is 0 Å². The molecule has 1 amide bonds. The Bertz CT molecular complexity index is 469. The van der Waals surface area contributed by atoms with Gasteiger partial charge in [0.25, 0.3) is 5.91 Å². The van der Waals surface area contributed by atoms with Crippen LogP contribution in [0.25, 0.3) is 0 Å². The second-order valence-electron chi connectivity index (χ2n) is 5.55. The molecule has 0 bridgehead atoms. The van der Waals surface area contributed by atoms with Gasteiger partial charge in [-0.05, 0) is 24.6 Å². The van der Waals surface area contributed by atoms with Crippen molar-refractivity contribution in [2.24, 2.45) is 0 Å². The molecule has 24 heavy (non-hydrogen) atoms. The molecule has 1 aromatic rings. The lowest BCUT2D eigenvalue weighted by molar-refractivity contribution is 0.0341. The van der Waals surface area contributed by atoms with Crippen LogP contribution in [0.15, 0.2) is 24.3 Å². The molecule has 1 fully saturated rings. The summed E-state index contributed by atoms with van der Waals surface area (Å²) in [7, 11) is 0. The fraction of sp³-hybridized carbons (Fsp3) is 0.588. The molecule has 1 aliphatic heterocycles. The number of benzene rings is 1. The summed E-state index contributed by atoms with van der Waals surface area (Å²) in [6.45, 7) is 8.80. The summed E-state index contributed by atoms with van der Waals surface area (Å²) in [5.41, 5.74) is 1.87. The molecule has 2 rings (SSSR count). The number of morpholine rings is 1. The number of amides is 1.